The molecule has 108 valence electrons. The van der Waals surface area contributed by atoms with Crippen LogP contribution in [0.5, 0.6) is 0 Å². The lowest BCUT2D eigenvalue weighted by atomic mass is 10.1. The third-order valence-electron chi connectivity index (χ3n) is 2.89. The molecule has 0 aliphatic heterocycles. The number of anilines is 1. The van der Waals surface area contributed by atoms with E-state index in [1.165, 1.54) is 0 Å². The molecule has 0 saturated heterocycles. The van der Waals surface area contributed by atoms with Gasteiger partial charge >= 0.3 is 6.09 Å². The molecule has 0 aromatic heterocycles. The quantitative estimate of drug-likeness (QED) is 0.511. The summed E-state index contributed by atoms with van der Waals surface area (Å²) in [5, 5.41) is 14.5. The summed E-state index contributed by atoms with van der Waals surface area (Å²) in [6.07, 6.45) is -0.533. The molecule has 0 radical (unpaired) electrons. The third-order valence-corrected chi connectivity index (χ3v) is 2.89. The monoisotopic (exact) mass is 284 g/mol. The van der Waals surface area contributed by atoms with Crippen molar-refractivity contribution in [3.8, 4) is 0 Å². The Morgan fingerprint density at radius 3 is 2.67 bits per heavy atom. The first kappa shape index (κ1) is 14.6. The maximum absolute atomic E-state index is 11.7. The number of nitrogens with zero attached hydrogens (tertiary/aromatic N) is 1. The lowest BCUT2D eigenvalue weighted by Gasteiger charge is -2.08. The molecule has 5 nitrogen and oxygen atoms in total. The van der Waals surface area contributed by atoms with E-state index in [1.807, 2.05) is 30.3 Å². The fourth-order valence-electron chi connectivity index (χ4n) is 1.76. The second kappa shape index (κ2) is 7.09. The van der Waals surface area contributed by atoms with Crippen LogP contribution in [-0.4, -0.2) is 17.0 Å². The molecule has 1 amide bonds. The number of benzene rings is 2. The molecule has 5 heteroatoms. The van der Waals surface area contributed by atoms with Gasteiger partial charge in [-0.2, -0.15) is 0 Å². The van der Waals surface area contributed by atoms with Crippen LogP contribution >= 0.6 is 0 Å². The highest BCUT2D eigenvalue weighted by molar-refractivity contribution is 5.99. The Morgan fingerprint density at radius 2 is 1.95 bits per heavy atom. The van der Waals surface area contributed by atoms with Gasteiger partial charge in [-0.1, -0.05) is 47.6 Å². The van der Waals surface area contributed by atoms with Gasteiger partial charge in [0.05, 0.1) is 5.71 Å². The number of carbonyl (C=O) groups is 1. The predicted octanol–water partition coefficient (Wildman–Crippen LogP) is 3.63. The number of rotatable bonds is 4. The van der Waals surface area contributed by atoms with Crippen molar-refractivity contribution in [2.75, 3.05) is 5.32 Å². The van der Waals surface area contributed by atoms with E-state index in [9.17, 15) is 4.79 Å². The van der Waals surface area contributed by atoms with Crippen molar-refractivity contribution < 1.29 is 14.7 Å². The summed E-state index contributed by atoms with van der Waals surface area (Å²) in [6.45, 7) is 1.89. The van der Waals surface area contributed by atoms with Gasteiger partial charge in [0.2, 0.25) is 0 Å². The zero-order valence-electron chi connectivity index (χ0n) is 11.6. The lowest BCUT2D eigenvalue weighted by molar-refractivity contribution is 0.155. The summed E-state index contributed by atoms with van der Waals surface area (Å²) >= 11 is 0. The summed E-state index contributed by atoms with van der Waals surface area (Å²) in [5.74, 6) is 0. The van der Waals surface area contributed by atoms with E-state index < -0.39 is 6.09 Å². The number of nitrogens with one attached hydrogen (secondary N) is 1. The van der Waals surface area contributed by atoms with Gasteiger partial charge < -0.3 is 9.94 Å². The highest BCUT2D eigenvalue weighted by Gasteiger charge is 2.05. The number of hydrogen-bond donors (Lipinski definition) is 2. The Balaban J connectivity index is 1.94. The summed E-state index contributed by atoms with van der Waals surface area (Å²) < 4.78 is 5.13. The van der Waals surface area contributed by atoms with Crippen LogP contribution in [0.4, 0.5) is 10.5 Å². The summed E-state index contributed by atoms with van der Waals surface area (Å²) in [6, 6.07) is 16.4. The molecule has 0 saturated carbocycles. The molecule has 0 fully saturated rings. The van der Waals surface area contributed by atoms with Gasteiger partial charge in [-0.3, -0.25) is 5.32 Å². The zero-order valence-corrected chi connectivity index (χ0v) is 11.6. The van der Waals surface area contributed by atoms with Crippen LogP contribution in [0.3, 0.4) is 0 Å². The maximum atomic E-state index is 11.7. The van der Waals surface area contributed by atoms with Crippen molar-refractivity contribution in [3.63, 3.8) is 0 Å². The topological polar surface area (TPSA) is 70.9 Å². The Morgan fingerprint density at radius 1 is 1.19 bits per heavy atom. The molecule has 0 spiro atoms. The van der Waals surface area contributed by atoms with E-state index in [2.05, 4.69) is 10.5 Å². The molecule has 0 unspecified atom stereocenters. The van der Waals surface area contributed by atoms with Gasteiger partial charge in [-0.15, -0.1) is 0 Å². The van der Waals surface area contributed by atoms with Crippen molar-refractivity contribution in [3.05, 3.63) is 65.7 Å². The van der Waals surface area contributed by atoms with Crippen LogP contribution in [-0.2, 0) is 11.3 Å². The van der Waals surface area contributed by atoms with Crippen molar-refractivity contribution >= 4 is 17.5 Å². The standard InChI is InChI=1S/C16H16N2O3/c1-12(18-20)14-8-5-9-15(10-14)17-16(19)21-11-13-6-3-2-4-7-13/h2-10,20H,11H2,1H3,(H,17,19). The second-order valence-electron chi connectivity index (χ2n) is 4.45. The Labute approximate surface area is 122 Å². The molecule has 2 rings (SSSR count). The highest BCUT2D eigenvalue weighted by atomic mass is 16.5. The number of hydrogen-bond acceptors (Lipinski definition) is 4. The molecular formula is C16H16N2O3. The molecule has 0 heterocycles. The van der Waals surface area contributed by atoms with Gasteiger partial charge in [0.25, 0.3) is 0 Å². The molecule has 21 heavy (non-hydrogen) atoms. The first-order valence-electron chi connectivity index (χ1n) is 6.46. The van der Waals surface area contributed by atoms with Gasteiger partial charge in [-0.25, -0.2) is 4.79 Å². The number of amides is 1. The largest absolute Gasteiger partial charge is 0.444 e. The predicted molar refractivity (Wildman–Crippen MR) is 80.7 cm³/mol. The van der Waals surface area contributed by atoms with E-state index in [-0.39, 0.29) is 6.61 Å². The maximum Gasteiger partial charge on any atom is 0.411 e. The average Bonchev–Trinajstić information content (AvgIpc) is 2.53. The summed E-state index contributed by atoms with van der Waals surface area (Å²) in [4.78, 5) is 11.7. The summed E-state index contributed by atoms with van der Waals surface area (Å²) in [7, 11) is 0. The van der Waals surface area contributed by atoms with Crippen molar-refractivity contribution in [2.45, 2.75) is 13.5 Å². The van der Waals surface area contributed by atoms with Crippen LogP contribution in [0.2, 0.25) is 0 Å². The van der Waals surface area contributed by atoms with E-state index >= 15 is 0 Å². The third kappa shape index (κ3) is 4.35. The van der Waals surface area contributed by atoms with Gasteiger partial charge in [0, 0.05) is 11.3 Å². The normalized spacial score (nSPS) is 11.0. The van der Waals surface area contributed by atoms with Crippen molar-refractivity contribution in [1.82, 2.24) is 0 Å². The molecule has 0 aliphatic rings. The van der Waals surface area contributed by atoms with E-state index in [0.717, 1.165) is 11.1 Å². The SMILES string of the molecule is CC(=NO)c1cccc(NC(=O)OCc2ccccc2)c1. The molecule has 2 N–H and O–H groups in total. The zero-order chi connectivity index (χ0) is 15.1. The molecule has 2 aromatic rings. The number of oxime groups is 1. The van der Waals surface area contributed by atoms with E-state index in [1.54, 1.807) is 31.2 Å². The van der Waals surface area contributed by atoms with E-state index in [4.69, 9.17) is 9.94 Å². The Bertz CT molecular complexity index is 639. The number of ether oxygens (including phenoxy) is 1. The van der Waals surface area contributed by atoms with Crippen LogP contribution in [0.15, 0.2) is 59.8 Å². The smallest absolute Gasteiger partial charge is 0.411 e. The molecule has 0 bridgehead atoms. The summed E-state index contributed by atoms with van der Waals surface area (Å²) in [5.41, 5.74) is 2.69. The van der Waals surface area contributed by atoms with Crippen LogP contribution in [0.1, 0.15) is 18.1 Å². The van der Waals surface area contributed by atoms with Crippen LogP contribution < -0.4 is 5.32 Å². The molecule has 2 aromatic carbocycles. The first-order chi connectivity index (χ1) is 10.2. The molecule has 0 aliphatic carbocycles. The second-order valence-corrected chi connectivity index (χ2v) is 4.45. The molecular weight excluding hydrogens is 268 g/mol. The van der Waals surface area contributed by atoms with E-state index in [0.29, 0.717) is 11.4 Å². The lowest BCUT2D eigenvalue weighted by Crippen LogP contribution is -2.13. The van der Waals surface area contributed by atoms with Crippen molar-refractivity contribution in [1.29, 1.82) is 0 Å². The Kier molecular flexibility index (Phi) is 4.93. The fraction of sp³-hybridized carbons (Fsp3) is 0.125. The highest BCUT2D eigenvalue weighted by Crippen LogP contribution is 2.12. The molecule has 0 atom stereocenters. The fourth-order valence-corrected chi connectivity index (χ4v) is 1.76. The number of carbonyl (C=O) groups excluding carboxylic acids is 1. The van der Waals surface area contributed by atoms with Gasteiger partial charge in [0.15, 0.2) is 0 Å². The Hall–Kier alpha value is -2.82. The van der Waals surface area contributed by atoms with Crippen molar-refractivity contribution in [2.24, 2.45) is 5.16 Å². The first-order valence-corrected chi connectivity index (χ1v) is 6.46. The van der Waals surface area contributed by atoms with Crippen LogP contribution in [0.25, 0.3) is 0 Å². The minimum absolute atomic E-state index is 0.212. The average molecular weight is 284 g/mol. The van der Waals surface area contributed by atoms with Crippen LogP contribution in [0, 0.1) is 0 Å². The van der Waals surface area contributed by atoms with Gasteiger partial charge in [-0.05, 0) is 24.6 Å². The minimum Gasteiger partial charge on any atom is -0.444 e. The van der Waals surface area contributed by atoms with Gasteiger partial charge in [0.1, 0.15) is 6.61 Å². The minimum atomic E-state index is -0.533.